The molecule has 0 aliphatic rings. The van der Waals surface area contributed by atoms with Gasteiger partial charge in [-0.1, -0.05) is 18.2 Å². The van der Waals surface area contributed by atoms with Crippen LogP contribution in [0.25, 0.3) is 0 Å². The Morgan fingerprint density at radius 2 is 1.62 bits per heavy atom. The maximum atomic E-state index is 12.9. The Labute approximate surface area is 173 Å². The minimum Gasteiger partial charge on any atom is -0.494 e. The Bertz CT molecular complexity index is 935. The molecule has 2 atom stereocenters. The molecule has 0 aliphatic carbocycles. The van der Waals surface area contributed by atoms with Gasteiger partial charge < -0.3 is 10.1 Å². The van der Waals surface area contributed by atoms with E-state index in [9.17, 15) is 13.2 Å². The molecule has 0 fully saturated rings. The van der Waals surface area contributed by atoms with E-state index >= 15 is 0 Å². The molecule has 1 amide bonds. The highest BCUT2D eigenvalue weighted by atomic mass is 32.2. The van der Waals surface area contributed by atoms with E-state index in [1.807, 2.05) is 58.0 Å². The average Bonchev–Trinajstić information content (AvgIpc) is 2.60. The minimum atomic E-state index is -3.65. The molecule has 0 unspecified atom stereocenters. The number of anilines is 1. The summed E-state index contributed by atoms with van der Waals surface area (Å²) in [5.41, 5.74) is 3.26. The van der Waals surface area contributed by atoms with Crippen LogP contribution in [0.1, 0.15) is 43.5 Å². The molecule has 0 saturated heterocycles. The third kappa shape index (κ3) is 5.97. The highest BCUT2D eigenvalue weighted by Gasteiger charge is 2.30. The van der Waals surface area contributed by atoms with Gasteiger partial charge in [-0.2, -0.15) is 0 Å². The summed E-state index contributed by atoms with van der Waals surface area (Å²) in [4.78, 5) is 12.9. The van der Waals surface area contributed by atoms with E-state index in [1.54, 1.807) is 19.1 Å². The predicted molar refractivity (Wildman–Crippen MR) is 117 cm³/mol. The van der Waals surface area contributed by atoms with E-state index in [2.05, 4.69) is 5.32 Å². The summed E-state index contributed by atoms with van der Waals surface area (Å²) in [6.07, 6.45) is 1.12. The predicted octanol–water partition coefficient (Wildman–Crippen LogP) is 3.73. The molecule has 0 saturated carbocycles. The first-order valence-corrected chi connectivity index (χ1v) is 11.5. The number of carbonyl (C=O) groups excluding carboxylic acids is 1. The van der Waals surface area contributed by atoms with E-state index in [0.717, 1.165) is 28.7 Å². The van der Waals surface area contributed by atoms with Crippen LogP contribution in [-0.2, 0) is 14.8 Å². The molecular weight excluding hydrogens is 388 g/mol. The number of carbonyl (C=O) groups is 1. The Kier molecular flexibility index (Phi) is 7.30. The zero-order valence-corrected chi connectivity index (χ0v) is 18.7. The summed E-state index contributed by atoms with van der Waals surface area (Å²) in [5, 5.41) is 2.91. The van der Waals surface area contributed by atoms with E-state index in [4.69, 9.17) is 4.74 Å². The van der Waals surface area contributed by atoms with Gasteiger partial charge >= 0.3 is 0 Å². The van der Waals surface area contributed by atoms with Crippen LogP contribution in [0.4, 0.5) is 5.69 Å². The molecule has 0 radical (unpaired) electrons. The molecule has 2 aromatic rings. The van der Waals surface area contributed by atoms with Crippen molar-refractivity contribution < 1.29 is 17.9 Å². The van der Waals surface area contributed by atoms with Crippen molar-refractivity contribution in [2.24, 2.45) is 0 Å². The van der Waals surface area contributed by atoms with E-state index in [0.29, 0.717) is 12.3 Å². The molecule has 7 heteroatoms. The molecular formula is C22H30N2O4S. The summed E-state index contributed by atoms with van der Waals surface area (Å²) < 4.78 is 31.6. The number of sulfonamides is 1. The number of hydrogen-bond donors (Lipinski definition) is 1. The smallest absolute Gasteiger partial charge is 0.244 e. The van der Waals surface area contributed by atoms with Gasteiger partial charge in [0.25, 0.3) is 0 Å². The van der Waals surface area contributed by atoms with Crippen LogP contribution >= 0.6 is 0 Å². The fourth-order valence-corrected chi connectivity index (χ4v) is 4.48. The zero-order valence-electron chi connectivity index (χ0n) is 17.9. The Morgan fingerprint density at radius 1 is 1.07 bits per heavy atom. The number of ether oxygens (including phenoxy) is 1. The van der Waals surface area contributed by atoms with Gasteiger partial charge in [0.1, 0.15) is 11.8 Å². The first-order chi connectivity index (χ1) is 13.5. The number of benzene rings is 2. The summed E-state index contributed by atoms with van der Waals surface area (Å²) in [6, 6.07) is 11.8. The lowest BCUT2D eigenvalue weighted by Gasteiger charge is -2.30. The number of amides is 1. The SMILES string of the molecule is CCOc1ccc([C@@H](C)NC(=O)[C@@H](C)N(c2cc(C)cc(C)c2)S(C)(=O)=O)cc1. The third-order valence-electron chi connectivity index (χ3n) is 4.60. The lowest BCUT2D eigenvalue weighted by atomic mass is 10.1. The van der Waals surface area contributed by atoms with Gasteiger partial charge in [0, 0.05) is 0 Å². The highest BCUT2D eigenvalue weighted by Crippen LogP contribution is 2.24. The van der Waals surface area contributed by atoms with Crippen LogP contribution in [0.3, 0.4) is 0 Å². The fraction of sp³-hybridized carbons (Fsp3) is 0.409. The second kappa shape index (κ2) is 9.31. The fourth-order valence-electron chi connectivity index (χ4n) is 3.32. The van der Waals surface area contributed by atoms with Crippen molar-refractivity contribution in [3.63, 3.8) is 0 Å². The monoisotopic (exact) mass is 418 g/mol. The molecule has 0 heterocycles. The molecule has 2 rings (SSSR count). The van der Waals surface area contributed by atoms with Crippen LogP contribution in [0.15, 0.2) is 42.5 Å². The Morgan fingerprint density at radius 3 is 2.10 bits per heavy atom. The van der Waals surface area contributed by atoms with Crippen LogP contribution in [0.5, 0.6) is 5.75 Å². The van der Waals surface area contributed by atoms with Gasteiger partial charge in [-0.3, -0.25) is 9.10 Å². The Balaban J connectivity index is 2.22. The molecule has 6 nitrogen and oxygen atoms in total. The Hall–Kier alpha value is -2.54. The van der Waals surface area contributed by atoms with Crippen LogP contribution in [-0.4, -0.2) is 33.2 Å². The molecule has 0 aliphatic heterocycles. The first-order valence-electron chi connectivity index (χ1n) is 9.63. The maximum absolute atomic E-state index is 12.9. The van der Waals surface area contributed by atoms with Gasteiger partial charge in [-0.25, -0.2) is 8.42 Å². The van der Waals surface area contributed by atoms with Gasteiger partial charge in [-0.05, 0) is 75.6 Å². The minimum absolute atomic E-state index is 0.277. The molecule has 0 spiro atoms. The molecule has 2 aromatic carbocycles. The van der Waals surface area contributed by atoms with Gasteiger partial charge in [-0.15, -0.1) is 0 Å². The van der Waals surface area contributed by atoms with Crippen LogP contribution in [0, 0.1) is 13.8 Å². The van der Waals surface area contributed by atoms with Crippen LogP contribution < -0.4 is 14.4 Å². The summed E-state index contributed by atoms with van der Waals surface area (Å²) in [6.45, 7) is 9.76. The topological polar surface area (TPSA) is 75.7 Å². The molecule has 0 aromatic heterocycles. The van der Waals surface area contributed by atoms with Crippen molar-refractivity contribution in [1.82, 2.24) is 5.32 Å². The van der Waals surface area contributed by atoms with E-state index in [-0.39, 0.29) is 11.9 Å². The summed E-state index contributed by atoms with van der Waals surface area (Å²) in [5.74, 6) is 0.400. The van der Waals surface area contributed by atoms with Crippen molar-refractivity contribution in [3.8, 4) is 5.75 Å². The van der Waals surface area contributed by atoms with Crippen molar-refractivity contribution in [2.45, 2.75) is 46.7 Å². The van der Waals surface area contributed by atoms with Crippen molar-refractivity contribution in [3.05, 3.63) is 59.2 Å². The number of nitrogens with one attached hydrogen (secondary N) is 1. The van der Waals surface area contributed by atoms with E-state index < -0.39 is 16.1 Å². The normalized spacial score (nSPS) is 13.4. The van der Waals surface area contributed by atoms with E-state index in [1.165, 1.54) is 4.31 Å². The molecule has 158 valence electrons. The summed E-state index contributed by atoms with van der Waals surface area (Å²) >= 11 is 0. The van der Waals surface area contributed by atoms with Crippen LogP contribution in [0.2, 0.25) is 0 Å². The second-order valence-corrected chi connectivity index (χ2v) is 9.17. The van der Waals surface area contributed by atoms with Crippen molar-refractivity contribution in [2.75, 3.05) is 17.2 Å². The second-order valence-electron chi connectivity index (χ2n) is 7.31. The number of rotatable bonds is 8. The van der Waals surface area contributed by atoms with Gasteiger partial charge in [0.2, 0.25) is 15.9 Å². The van der Waals surface area contributed by atoms with Crippen molar-refractivity contribution in [1.29, 1.82) is 0 Å². The first kappa shape index (κ1) is 22.7. The van der Waals surface area contributed by atoms with Gasteiger partial charge in [0.15, 0.2) is 0 Å². The third-order valence-corrected chi connectivity index (χ3v) is 5.84. The molecule has 1 N–H and O–H groups in total. The summed E-state index contributed by atoms with van der Waals surface area (Å²) in [7, 11) is -3.65. The highest BCUT2D eigenvalue weighted by molar-refractivity contribution is 7.92. The number of aryl methyl sites for hydroxylation is 2. The number of hydrogen-bond acceptors (Lipinski definition) is 4. The van der Waals surface area contributed by atoms with Gasteiger partial charge in [0.05, 0.1) is 24.6 Å². The standard InChI is InChI=1S/C22H30N2O4S/c1-7-28-21-10-8-19(9-11-21)17(4)23-22(25)18(5)24(29(6,26)27)20-13-15(2)12-16(3)14-20/h8-14,17-18H,7H2,1-6H3,(H,23,25)/t17-,18-/m1/s1. The average molecular weight is 419 g/mol. The quantitative estimate of drug-likeness (QED) is 0.709. The number of nitrogens with zero attached hydrogens (tertiary/aromatic N) is 1. The van der Waals surface area contributed by atoms with Crippen molar-refractivity contribution >= 4 is 21.6 Å². The lowest BCUT2D eigenvalue weighted by Crippen LogP contribution is -2.48. The maximum Gasteiger partial charge on any atom is 0.244 e. The zero-order chi connectivity index (χ0) is 21.8. The molecule has 29 heavy (non-hydrogen) atoms. The lowest BCUT2D eigenvalue weighted by molar-refractivity contribution is -0.122. The largest absolute Gasteiger partial charge is 0.494 e. The molecule has 0 bridgehead atoms.